The molecule has 0 N–H and O–H groups in total. The van der Waals surface area contributed by atoms with E-state index in [9.17, 15) is 0 Å². The molecule has 0 radical (unpaired) electrons. The number of hydrogen-bond acceptors (Lipinski definition) is 2. The second-order valence-corrected chi connectivity index (χ2v) is 14.5. The van der Waals surface area contributed by atoms with E-state index in [1.54, 1.807) is 0 Å². The monoisotopic (exact) mass is 713 g/mol. The fourth-order valence-corrected chi connectivity index (χ4v) is 8.60. The number of nitrogens with zero attached hydrogens (tertiary/aromatic N) is 1. The summed E-state index contributed by atoms with van der Waals surface area (Å²) in [7, 11) is 0. The summed E-state index contributed by atoms with van der Waals surface area (Å²) < 4.78 is 6.23. The summed E-state index contributed by atoms with van der Waals surface area (Å²) in [6.07, 6.45) is 0. The van der Waals surface area contributed by atoms with Crippen LogP contribution in [0.15, 0.2) is 217 Å². The van der Waals surface area contributed by atoms with Crippen LogP contribution in [0.2, 0.25) is 0 Å². The van der Waals surface area contributed by atoms with Crippen LogP contribution in [0, 0.1) is 0 Å². The predicted octanol–water partition coefficient (Wildman–Crippen LogP) is 15.5. The fraction of sp³-hybridized carbons (Fsp3) is 0. The molecule has 0 saturated heterocycles. The fourth-order valence-electron chi connectivity index (χ4n) is 8.60. The summed E-state index contributed by atoms with van der Waals surface area (Å²) in [6.45, 7) is 0. The number of fused-ring (bicyclic) bond motifs is 7. The van der Waals surface area contributed by atoms with Gasteiger partial charge in [-0.2, -0.15) is 0 Å². The standard InChI is InChI=1S/C54H35NO/c1-3-16-44-38(12-1)29-34-49-45(19-9-21-48(44)49)41-15-7-14-40(35-41)36-25-30-42(31-26-36)55(51-22-8-13-37-11-2-4-17-46(37)51)43-32-27-39(28-33-43)47-20-10-24-53-54(47)50-18-5-6-23-52(50)56-53/h1-35H. The molecule has 0 atom stereocenters. The minimum atomic E-state index is 0.904. The van der Waals surface area contributed by atoms with Crippen molar-refractivity contribution in [1.82, 2.24) is 0 Å². The Kier molecular flexibility index (Phi) is 7.53. The number of anilines is 3. The average molecular weight is 714 g/mol. The van der Waals surface area contributed by atoms with Crippen LogP contribution >= 0.6 is 0 Å². The molecule has 0 aliphatic rings. The van der Waals surface area contributed by atoms with E-state index in [0.717, 1.165) is 44.6 Å². The summed E-state index contributed by atoms with van der Waals surface area (Å²) in [5.41, 5.74) is 12.3. The molecule has 0 spiro atoms. The Balaban J connectivity index is 0.988. The zero-order chi connectivity index (χ0) is 37.0. The zero-order valence-electron chi connectivity index (χ0n) is 30.6. The number of para-hydroxylation sites is 1. The van der Waals surface area contributed by atoms with Gasteiger partial charge >= 0.3 is 0 Å². The van der Waals surface area contributed by atoms with Crippen molar-refractivity contribution in [1.29, 1.82) is 0 Å². The van der Waals surface area contributed by atoms with Crippen LogP contribution in [-0.4, -0.2) is 0 Å². The van der Waals surface area contributed by atoms with Gasteiger partial charge in [-0.3, -0.25) is 0 Å². The average Bonchev–Trinajstić information content (AvgIpc) is 3.66. The highest BCUT2D eigenvalue weighted by molar-refractivity contribution is 6.13. The van der Waals surface area contributed by atoms with Crippen molar-refractivity contribution in [3.8, 4) is 33.4 Å². The maximum atomic E-state index is 6.23. The van der Waals surface area contributed by atoms with E-state index < -0.39 is 0 Å². The predicted molar refractivity (Wildman–Crippen MR) is 237 cm³/mol. The molecule has 0 fully saturated rings. The van der Waals surface area contributed by atoms with Gasteiger partial charge in [-0.05, 0) is 109 Å². The van der Waals surface area contributed by atoms with Gasteiger partial charge in [0, 0.05) is 27.5 Å². The summed E-state index contributed by atoms with van der Waals surface area (Å²) in [6, 6.07) is 76.5. The van der Waals surface area contributed by atoms with Gasteiger partial charge in [0.15, 0.2) is 0 Å². The van der Waals surface area contributed by atoms with Gasteiger partial charge in [0.25, 0.3) is 0 Å². The summed E-state index contributed by atoms with van der Waals surface area (Å²) in [5, 5.41) is 9.79. The zero-order valence-corrected chi connectivity index (χ0v) is 30.6. The van der Waals surface area contributed by atoms with Gasteiger partial charge in [-0.15, -0.1) is 0 Å². The van der Waals surface area contributed by atoms with Crippen LogP contribution in [0.1, 0.15) is 0 Å². The lowest BCUT2D eigenvalue weighted by Crippen LogP contribution is -2.10. The summed E-state index contributed by atoms with van der Waals surface area (Å²) >= 11 is 0. The smallest absolute Gasteiger partial charge is 0.136 e. The van der Waals surface area contributed by atoms with E-state index >= 15 is 0 Å². The molecule has 0 saturated carbocycles. The topological polar surface area (TPSA) is 16.4 Å². The van der Waals surface area contributed by atoms with Crippen molar-refractivity contribution < 1.29 is 4.42 Å². The Morgan fingerprint density at radius 2 is 0.875 bits per heavy atom. The lowest BCUT2D eigenvalue weighted by atomic mass is 9.93. The Labute approximate surface area is 325 Å². The van der Waals surface area contributed by atoms with Gasteiger partial charge in [0.1, 0.15) is 11.2 Å². The van der Waals surface area contributed by atoms with E-state index in [-0.39, 0.29) is 0 Å². The van der Waals surface area contributed by atoms with E-state index in [4.69, 9.17) is 4.42 Å². The molecule has 11 rings (SSSR count). The lowest BCUT2D eigenvalue weighted by molar-refractivity contribution is 0.669. The van der Waals surface area contributed by atoms with Crippen LogP contribution in [0.3, 0.4) is 0 Å². The first-order valence-corrected chi connectivity index (χ1v) is 19.2. The van der Waals surface area contributed by atoms with Crippen molar-refractivity contribution in [3.05, 3.63) is 212 Å². The minimum absolute atomic E-state index is 0.904. The Morgan fingerprint density at radius 1 is 0.304 bits per heavy atom. The molecule has 1 aromatic heterocycles. The first-order chi connectivity index (χ1) is 27.8. The second-order valence-electron chi connectivity index (χ2n) is 14.5. The largest absolute Gasteiger partial charge is 0.456 e. The number of furan rings is 1. The molecule has 11 aromatic rings. The molecule has 10 aromatic carbocycles. The highest BCUT2D eigenvalue weighted by Gasteiger charge is 2.18. The Hall–Kier alpha value is -7.42. The first-order valence-electron chi connectivity index (χ1n) is 19.2. The molecule has 0 aliphatic carbocycles. The van der Waals surface area contributed by atoms with Gasteiger partial charge in [-0.25, -0.2) is 0 Å². The first kappa shape index (κ1) is 32.0. The molecular formula is C54H35NO. The summed E-state index contributed by atoms with van der Waals surface area (Å²) in [5.74, 6) is 0. The van der Waals surface area contributed by atoms with E-state index in [0.29, 0.717) is 0 Å². The molecular weight excluding hydrogens is 679 g/mol. The molecule has 2 nitrogen and oxygen atoms in total. The van der Waals surface area contributed by atoms with Crippen molar-refractivity contribution in [2.45, 2.75) is 0 Å². The second kappa shape index (κ2) is 13.2. The van der Waals surface area contributed by atoms with Gasteiger partial charge in [0.05, 0.1) is 5.69 Å². The summed E-state index contributed by atoms with van der Waals surface area (Å²) in [4.78, 5) is 2.38. The van der Waals surface area contributed by atoms with Crippen LogP contribution < -0.4 is 4.90 Å². The molecule has 56 heavy (non-hydrogen) atoms. The number of benzene rings is 10. The van der Waals surface area contributed by atoms with Crippen LogP contribution in [0.25, 0.3) is 87.6 Å². The molecule has 1 heterocycles. The van der Waals surface area contributed by atoms with E-state index in [1.807, 2.05) is 12.1 Å². The maximum absolute atomic E-state index is 6.23. The van der Waals surface area contributed by atoms with Crippen LogP contribution in [0.4, 0.5) is 17.1 Å². The molecule has 0 aliphatic heterocycles. The number of rotatable bonds is 6. The third-order valence-electron chi connectivity index (χ3n) is 11.3. The van der Waals surface area contributed by atoms with Gasteiger partial charge in [0.2, 0.25) is 0 Å². The molecule has 0 unspecified atom stereocenters. The quantitative estimate of drug-likeness (QED) is 0.160. The van der Waals surface area contributed by atoms with Crippen LogP contribution in [0.5, 0.6) is 0 Å². The molecule has 262 valence electrons. The molecule has 0 amide bonds. The highest BCUT2D eigenvalue weighted by Crippen LogP contribution is 2.42. The van der Waals surface area contributed by atoms with Crippen molar-refractivity contribution in [2.24, 2.45) is 0 Å². The van der Waals surface area contributed by atoms with E-state index in [1.165, 1.54) is 60.1 Å². The maximum Gasteiger partial charge on any atom is 0.136 e. The number of hydrogen-bond donors (Lipinski definition) is 0. The Bertz CT molecular complexity index is 3240. The molecule has 0 bridgehead atoms. The highest BCUT2D eigenvalue weighted by atomic mass is 16.3. The molecule has 2 heteroatoms. The normalized spacial score (nSPS) is 11.6. The Morgan fingerprint density at radius 3 is 1.70 bits per heavy atom. The van der Waals surface area contributed by atoms with Crippen molar-refractivity contribution in [2.75, 3.05) is 4.90 Å². The van der Waals surface area contributed by atoms with Gasteiger partial charge < -0.3 is 9.32 Å². The lowest BCUT2D eigenvalue weighted by Gasteiger charge is -2.27. The van der Waals surface area contributed by atoms with E-state index in [2.05, 4.69) is 205 Å². The third-order valence-corrected chi connectivity index (χ3v) is 11.3. The van der Waals surface area contributed by atoms with Gasteiger partial charge in [-0.1, -0.05) is 164 Å². The minimum Gasteiger partial charge on any atom is -0.456 e. The van der Waals surface area contributed by atoms with Crippen molar-refractivity contribution >= 4 is 71.3 Å². The van der Waals surface area contributed by atoms with Crippen molar-refractivity contribution in [3.63, 3.8) is 0 Å². The SMILES string of the molecule is c1cc(-c2ccc(N(c3ccc(-c4cccc5oc6ccccc6c45)cc3)c3cccc4ccccc34)cc2)cc(-c2cccc3c2ccc2ccccc23)c1. The third kappa shape index (κ3) is 5.34. The van der Waals surface area contributed by atoms with Crippen LogP contribution in [-0.2, 0) is 0 Å².